The van der Waals surface area contributed by atoms with Crippen LogP contribution in [-0.4, -0.2) is 42.8 Å². The Morgan fingerprint density at radius 2 is 1.69 bits per heavy atom. The molecule has 0 aliphatic heterocycles. The molecule has 0 saturated heterocycles. The third-order valence-corrected chi connectivity index (χ3v) is 3.54. The summed E-state index contributed by atoms with van der Waals surface area (Å²) in [6.45, 7) is -0.526. The maximum atomic E-state index is 11.8. The molecule has 2 aromatic carbocycles. The Morgan fingerprint density at radius 1 is 1.03 bits per heavy atom. The van der Waals surface area contributed by atoms with E-state index in [9.17, 15) is 25.0 Å². The molecule has 0 spiro atoms. The molecule has 0 aromatic heterocycles. The number of amides is 1. The molecule has 12 nitrogen and oxygen atoms in total. The van der Waals surface area contributed by atoms with E-state index in [1.54, 1.807) is 0 Å². The standard InChI is InChI=1S/C17H16N4O8/c1-27-15-8-16(28-2)13(21(25)26)7-11(15)9-18-19-17(22)10-29-14-6-4-3-5-12(14)20(23)24/h3-9H,10H2,1-2H3,(H,19,22)/b18-9-. The molecule has 12 heteroatoms. The van der Waals surface area contributed by atoms with Gasteiger partial charge < -0.3 is 14.2 Å². The van der Waals surface area contributed by atoms with Crippen molar-refractivity contribution in [3.63, 3.8) is 0 Å². The maximum Gasteiger partial charge on any atom is 0.311 e. The van der Waals surface area contributed by atoms with Crippen LogP contribution in [0, 0.1) is 20.2 Å². The second-order valence-electron chi connectivity index (χ2n) is 5.33. The van der Waals surface area contributed by atoms with Crippen molar-refractivity contribution in [3.8, 4) is 17.2 Å². The Hall–Kier alpha value is -4.22. The summed E-state index contributed by atoms with van der Waals surface area (Å²) in [5.74, 6) is -0.516. The van der Waals surface area contributed by atoms with E-state index in [0.717, 1.165) is 6.21 Å². The Labute approximate surface area is 164 Å². The van der Waals surface area contributed by atoms with Gasteiger partial charge in [-0.2, -0.15) is 5.10 Å². The molecule has 1 N–H and O–H groups in total. The first-order valence-corrected chi connectivity index (χ1v) is 7.96. The number of nitro groups is 2. The number of hydrazone groups is 1. The van der Waals surface area contributed by atoms with E-state index in [1.165, 1.54) is 50.6 Å². The molecule has 0 heterocycles. The molecule has 2 aromatic rings. The number of carbonyl (C=O) groups excluding carboxylic acids is 1. The molecular formula is C17H16N4O8. The third kappa shape index (κ3) is 5.38. The lowest BCUT2D eigenvalue weighted by molar-refractivity contribution is -0.385. The highest BCUT2D eigenvalue weighted by molar-refractivity contribution is 5.87. The van der Waals surface area contributed by atoms with Gasteiger partial charge in [-0.3, -0.25) is 25.0 Å². The van der Waals surface area contributed by atoms with E-state index in [4.69, 9.17) is 14.2 Å². The summed E-state index contributed by atoms with van der Waals surface area (Å²) >= 11 is 0. The molecule has 0 fully saturated rings. The van der Waals surface area contributed by atoms with Crippen molar-refractivity contribution in [2.24, 2.45) is 5.10 Å². The Balaban J connectivity index is 2.06. The number of benzene rings is 2. The van der Waals surface area contributed by atoms with Crippen molar-refractivity contribution >= 4 is 23.5 Å². The molecule has 0 aliphatic rings. The molecular weight excluding hydrogens is 388 g/mol. The summed E-state index contributed by atoms with van der Waals surface area (Å²) in [6.07, 6.45) is 1.15. The predicted molar refractivity (Wildman–Crippen MR) is 101 cm³/mol. The van der Waals surface area contributed by atoms with Crippen molar-refractivity contribution in [3.05, 3.63) is 62.2 Å². The minimum Gasteiger partial charge on any atom is -0.496 e. The average Bonchev–Trinajstić information content (AvgIpc) is 2.71. The van der Waals surface area contributed by atoms with Gasteiger partial charge in [0.1, 0.15) is 5.75 Å². The molecule has 0 saturated carbocycles. The fourth-order valence-corrected chi connectivity index (χ4v) is 2.23. The van der Waals surface area contributed by atoms with Gasteiger partial charge in [-0.15, -0.1) is 0 Å². The number of para-hydroxylation sites is 2. The second kappa shape index (κ2) is 9.64. The summed E-state index contributed by atoms with van der Waals surface area (Å²) < 4.78 is 15.2. The van der Waals surface area contributed by atoms with Crippen LogP contribution in [0.4, 0.5) is 11.4 Å². The highest BCUT2D eigenvalue weighted by Gasteiger charge is 2.19. The van der Waals surface area contributed by atoms with Crippen LogP contribution < -0.4 is 19.6 Å². The zero-order valence-corrected chi connectivity index (χ0v) is 15.4. The van der Waals surface area contributed by atoms with E-state index >= 15 is 0 Å². The number of carbonyl (C=O) groups is 1. The zero-order valence-electron chi connectivity index (χ0n) is 15.4. The van der Waals surface area contributed by atoms with Crippen LogP contribution in [0.25, 0.3) is 0 Å². The monoisotopic (exact) mass is 404 g/mol. The lowest BCUT2D eigenvalue weighted by Crippen LogP contribution is -2.24. The summed E-state index contributed by atoms with van der Waals surface area (Å²) in [4.78, 5) is 32.6. The number of nitrogens with one attached hydrogen (secondary N) is 1. The van der Waals surface area contributed by atoms with Crippen LogP contribution in [0.15, 0.2) is 41.5 Å². The van der Waals surface area contributed by atoms with E-state index < -0.39 is 22.4 Å². The lowest BCUT2D eigenvalue weighted by Gasteiger charge is -2.08. The molecule has 1 amide bonds. The van der Waals surface area contributed by atoms with Crippen LogP contribution in [-0.2, 0) is 4.79 Å². The Morgan fingerprint density at radius 3 is 2.31 bits per heavy atom. The molecule has 0 radical (unpaired) electrons. The van der Waals surface area contributed by atoms with Gasteiger partial charge >= 0.3 is 11.4 Å². The van der Waals surface area contributed by atoms with Crippen LogP contribution in [0.5, 0.6) is 17.2 Å². The van der Waals surface area contributed by atoms with Crippen LogP contribution in [0.1, 0.15) is 5.56 Å². The number of nitrogens with zero attached hydrogens (tertiary/aromatic N) is 3. The first kappa shape index (κ1) is 21.1. The highest BCUT2D eigenvalue weighted by atomic mass is 16.6. The fraction of sp³-hybridized carbons (Fsp3) is 0.176. The molecule has 0 aliphatic carbocycles. The number of hydrogen-bond donors (Lipinski definition) is 1. The first-order valence-electron chi connectivity index (χ1n) is 7.96. The summed E-state index contributed by atoms with van der Waals surface area (Å²) in [5.41, 5.74) is 1.80. The van der Waals surface area contributed by atoms with Gasteiger partial charge in [-0.05, 0) is 6.07 Å². The van der Waals surface area contributed by atoms with Crippen LogP contribution in [0.3, 0.4) is 0 Å². The zero-order chi connectivity index (χ0) is 21.4. The summed E-state index contributed by atoms with van der Waals surface area (Å²) in [6, 6.07) is 8.10. The number of rotatable bonds is 9. The largest absolute Gasteiger partial charge is 0.496 e. The minimum absolute atomic E-state index is 0.00545. The number of methoxy groups -OCH3 is 2. The number of ether oxygens (including phenoxy) is 3. The van der Waals surface area contributed by atoms with Gasteiger partial charge in [-0.1, -0.05) is 12.1 Å². The minimum atomic E-state index is -0.693. The Kier molecular flexibility index (Phi) is 7.01. The van der Waals surface area contributed by atoms with Crippen molar-refractivity contribution in [1.82, 2.24) is 5.43 Å². The number of nitro benzene ring substituents is 2. The lowest BCUT2D eigenvalue weighted by atomic mass is 10.1. The topological polar surface area (TPSA) is 155 Å². The maximum absolute atomic E-state index is 11.8. The van der Waals surface area contributed by atoms with Crippen molar-refractivity contribution < 1.29 is 28.9 Å². The van der Waals surface area contributed by atoms with Crippen molar-refractivity contribution in [2.45, 2.75) is 0 Å². The van der Waals surface area contributed by atoms with Gasteiger partial charge in [-0.25, -0.2) is 5.43 Å². The summed E-state index contributed by atoms with van der Waals surface area (Å²) in [5, 5.41) is 25.7. The second-order valence-corrected chi connectivity index (χ2v) is 5.33. The molecule has 152 valence electrons. The normalized spacial score (nSPS) is 10.4. The van der Waals surface area contributed by atoms with E-state index in [0.29, 0.717) is 0 Å². The smallest absolute Gasteiger partial charge is 0.311 e. The molecule has 2 rings (SSSR count). The Bertz CT molecular complexity index is 960. The molecule has 0 bridgehead atoms. The van der Waals surface area contributed by atoms with E-state index in [1.807, 2.05) is 0 Å². The number of hydrogen-bond acceptors (Lipinski definition) is 9. The summed E-state index contributed by atoms with van der Waals surface area (Å²) in [7, 11) is 2.64. The van der Waals surface area contributed by atoms with Gasteiger partial charge in [0.2, 0.25) is 5.75 Å². The predicted octanol–water partition coefficient (Wildman–Crippen LogP) is 2.05. The van der Waals surface area contributed by atoms with Crippen LogP contribution in [0.2, 0.25) is 0 Å². The van der Waals surface area contributed by atoms with Gasteiger partial charge in [0.15, 0.2) is 12.4 Å². The van der Waals surface area contributed by atoms with Crippen molar-refractivity contribution in [1.29, 1.82) is 0 Å². The quantitative estimate of drug-likeness (QED) is 0.378. The van der Waals surface area contributed by atoms with E-state index in [2.05, 4.69) is 10.5 Å². The van der Waals surface area contributed by atoms with Gasteiger partial charge in [0.05, 0.1) is 30.3 Å². The highest BCUT2D eigenvalue weighted by Crippen LogP contribution is 2.33. The first-order chi connectivity index (χ1) is 13.9. The molecule has 0 unspecified atom stereocenters. The average molecular weight is 404 g/mol. The fourth-order valence-electron chi connectivity index (χ4n) is 2.23. The van der Waals surface area contributed by atoms with E-state index in [-0.39, 0.29) is 34.2 Å². The molecule has 29 heavy (non-hydrogen) atoms. The SMILES string of the molecule is COc1cc(OC)c([N+](=O)[O-])cc1/C=N\NC(=O)COc1ccccc1[N+](=O)[O-]. The van der Waals surface area contributed by atoms with Gasteiger partial charge in [0.25, 0.3) is 5.91 Å². The van der Waals surface area contributed by atoms with Gasteiger partial charge in [0, 0.05) is 23.8 Å². The van der Waals surface area contributed by atoms with Crippen molar-refractivity contribution in [2.75, 3.05) is 20.8 Å². The third-order valence-electron chi connectivity index (χ3n) is 3.54. The van der Waals surface area contributed by atoms with Crippen LogP contribution >= 0.6 is 0 Å². The molecule has 0 atom stereocenters.